The molecule has 0 radical (unpaired) electrons. The standard InChI is InChI=1S/C13H19F3N4O/c1-3-8-6-10(20(2)19-8)12(21)18-9-4-5-11(17-7-9)13(14,15)16/h6,9,11,17H,3-5,7H2,1-2H3,(H,18,21). The van der Waals surface area contributed by atoms with Gasteiger partial charge in [0.05, 0.1) is 5.69 Å². The smallest absolute Gasteiger partial charge is 0.347 e. The molecule has 1 fully saturated rings. The van der Waals surface area contributed by atoms with E-state index in [4.69, 9.17) is 0 Å². The summed E-state index contributed by atoms with van der Waals surface area (Å²) in [6.45, 7) is 2.06. The van der Waals surface area contributed by atoms with Crippen LogP contribution in [0.25, 0.3) is 0 Å². The second-order valence-corrected chi connectivity index (χ2v) is 5.25. The van der Waals surface area contributed by atoms with E-state index in [0.717, 1.165) is 12.1 Å². The number of carbonyl (C=O) groups is 1. The van der Waals surface area contributed by atoms with Crippen LogP contribution in [0.1, 0.15) is 35.9 Å². The maximum absolute atomic E-state index is 12.5. The molecule has 0 spiro atoms. The van der Waals surface area contributed by atoms with Gasteiger partial charge in [0.25, 0.3) is 5.91 Å². The molecule has 0 saturated carbocycles. The summed E-state index contributed by atoms with van der Waals surface area (Å²) in [7, 11) is 1.67. The number of nitrogens with one attached hydrogen (secondary N) is 2. The van der Waals surface area contributed by atoms with E-state index in [1.807, 2.05) is 6.92 Å². The molecule has 1 aromatic heterocycles. The lowest BCUT2D eigenvalue weighted by Gasteiger charge is -2.31. The van der Waals surface area contributed by atoms with Crippen LogP contribution in [-0.2, 0) is 13.5 Å². The van der Waals surface area contributed by atoms with E-state index < -0.39 is 12.2 Å². The number of hydrogen-bond donors (Lipinski definition) is 2. The van der Waals surface area contributed by atoms with Gasteiger partial charge >= 0.3 is 6.18 Å². The second kappa shape index (κ2) is 6.05. The lowest BCUT2D eigenvalue weighted by atomic mass is 10.0. The van der Waals surface area contributed by atoms with E-state index in [1.54, 1.807) is 13.1 Å². The van der Waals surface area contributed by atoms with Gasteiger partial charge < -0.3 is 10.6 Å². The Kier molecular flexibility index (Phi) is 4.55. The molecule has 0 bridgehead atoms. The number of carbonyl (C=O) groups excluding carboxylic acids is 1. The van der Waals surface area contributed by atoms with Crippen molar-refractivity contribution in [1.29, 1.82) is 0 Å². The number of nitrogens with zero attached hydrogens (tertiary/aromatic N) is 2. The van der Waals surface area contributed by atoms with Crippen LogP contribution in [0.4, 0.5) is 13.2 Å². The van der Waals surface area contributed by atoms with Gasteiger partial charge in [-0.15, -0.1) is 0 Å². The van der Waals surface area contributed by atoms with Crippen LogP contribution in [0.15, 0.2) is 6.07 Å². The van der Waals surface area contributed by atoms with Gasteiger partial charge in [-0.3, -0.25) is 9.48 Å². The molecule has 1 aliphatic heterocycles. The zero-order valence-electron chi connectivity index (χ0n) is 12.0. The monoisotopic (exact) mass is 304 g/mol. The van der Waals surface area contributed by atoms with Crippen LogP contribution in [0.3, 0.4) is 0 Å². The van der Waals surface area contributed by atoms with Crippen molar-refractivity contribution >= 4 is 5.91 Å². The highest BCUT2D eigenvalue weighted by Crippen LogP contribution is 2.26. The summed E-state index contributed by atoms with van der Waals surface area (Å²) in [5, 5.41) is 9.37. The average Bonchev–Trinajstić information content (AvgIpc) is 2.80. The Bertz CT molecular complexity index is 504. The summed E-state index contributed by atoms with van der Waals surface area (Å²) in [6, 6.07) is -0.0745. The van der Waals surface area contributed by atoms with Crippen molar-refractivity contribution in [1.82, 2.24) is 20.4 Å². The van der Waals surface area contributed by atoms with Crippen molar-refractivity contribution in [3.63, 3.8) is 0 Å². The van der Waals surface area contributed by atoms with Crippen LogP contribution < -0.4 is 10.6 Å². The van der Waals surface area contributed by atoms with Crippen molar-refractivity contribution in [3.8, 4) is 0 Å². The molecule has 8 heteroatoms. The quantitative estimate of drug-likeness (QED) is 0.887. The second-order valence-electron chi connectivity index (χ2n) is 5.25. The summed E-state index contributed by atoms with van der Waals surface area (Å²) in [6.07, 6.45) is -3.23. The van der Waals surface area contributed by atoms with Gasteiger partial charge in [-0.1, -0.05) is 6.92 Å². The largest absolute Gasteiger partial charge is 0.403 e. The van der Waals surface area contributed by atoms with Crippen LogP contribution in [0.5, 0.6) is 0 Å². The summed E-state index contributed by atoms with van der Waals surface area (Å²) in [5.74, 6) is -0.304. The molecule has 2 heterocycles. The van der Waals surface area contributed by atoms with Crippen molar-refractivity contribution in [2.24, 2.45) is 7.05 Å². The first-order chi connectivity index (χ1) is 9.81. The Morgan fingerprint density at radius 1 is 1.52 bits per heavy atom. The molecular weight excluding hydrogens is 285 g/mol. The van der Waals surface area contributed by atoms with E-state index in [0.29, 0.717) is 12.1 Å². The predicted molar refractivity (Wildman–Crippen MR) is 70.9 cm³/mol. The zero-order valence-corrected chi connectivity index (χ0v) is 12.0. The van der Waals surface area contributed by atoms with Gasteiger partial charge in [0.15, 0.2) is 0 Å². The van der Waals surface area contributed by atoms with E-state index in [9.17, 15) is 18.0 Å². The van der Waals surface area contributed by atoms with Crippen LogP contribution >= 0.6 is 0 Å². The van der Waals surface area contributed by atoms with E-state index in [2.05, 4.69) is 15.7 Å². The molecule has 2 atom stereocenters. The summed E-state index contributed by atoms with van der Waals surface area (Å²) in [5.41, 5.74) is 1.23. The third-order valence-electron chi connectivity index (χ3n) is 3.67. The van der Waals surface area contributed by atoms with Crippen molar-refractivity contribution in [2.45, 2.75) is 44.4 Å². The van der Waals surface area contributed by atoms with Crippen LogP contribution in [-0.4, -0.2) is 40.5 Å². The van der Waals surface area contributed by atoms with E-state index >= 15 is 0 Å². The first-order valence-corrected chi connectivity index (χ1v) is 6.95. The van der Waals surface area contributed by atoms with Crippen molar-refractivity contribution in [2.75, 3.05) is 6.54 Å². The lowest BCUT2D eigenvalue weighted by Crippen LogP contribution is -2.54. The maximum atomic E-state index is 12.5. The van der Waals surface area contributed by atoms with Gasteiger partial charge in [0, 0.05) is 19.6 Å². The maximum Gasteiger partial charge on any atom is 0.403 e. The minimum absolute atomic E-state index is 0.0277. The number of aryl methyl sites for hydroxylation is 2. The van der Waals surface area contributed by atoms with Gasteiger partial charge in [-0.25, -0.2) is 0 Å². The number of amides is 1. The third kappa shape index (κ3) is 3.75. The summed E-state index contributed by atoms with van der Waals surface area (Å²) in [4.78, 5) is 12.1. The number of halogens is 3. The highest BCUT2D eigenvalue weighted by molar-refractivity contribution is 5.92. The Hall–Kier alpha value is -1.57. The Labute approximate surface area is 120 Å². The molecule has 118 valence electrons. The molecule has 5 nitrogen and oxygen atoms in total. The molecule has 2 N–H and O–H groups in total. The first-order valence-electron chi connectivity index (χ1n) is 6.95. The fourth-order valence-electron chi connectivity index (χ4n) is 2.43. The van der Waals surface area contributed by atoms with Gasteiger partial charge in [-0.05, 0) is 25.3 Å². The highest BCUT2D eigenvalue weighted by atomic mass is 19.4. The van der Waals surface area contributed by atoms with Gasteiger partial charge in [0.2, 0.25) is 0 Å². The molecular formula is C13H19F3N4O. The molecule has 1 amide bonds. The number of piperidine rings is 1. The number of hydrogen-bond acceptors (Lipinski definition) is 3. The van der Waals surface area contributed by atoms with E-state index in [1.165, 1.54) is 4.68 Å². The number of aromatic nitrogens is 2. The summed E-state index contributed by atoms with van der Waals surface area (Å²) < 4.78 is 39.1. The highest BCUT2D eigenvalue weighted by Gasteiger charge is 2.41. The number of rotatable bonds is 3. The molecule has 0 aromatic carbocycles. The summed E-state index contributed by atoms with van der Waals surface area (Å²) >= 11 is 0. The lowest BCUT2D eigenvalue weighted by molar-refractivity contribution is -0.160. The van der Waals surface area contributed by atoms with Gasteiger partial charge in [0.1, 0.15) is 11.7 Å². The van der Waals surface area contributed by atoms with Gasteiger partial charge in [-0.2, -0.15) is 18.3 Å². The molecule has 1 aromatic rings. The Balaban J connectivity index is 1.91. The first kappa shape index (κ1) is 15.8. The van der Waals surface area contributed by atoms with Crippen molar-refractivity contribution < 1.29 is 18.0 Å². The molecule has 21 heavy (non-hydrogen) atoms. The fourth-order valence-corrected chi connectivity index (χ4v) is 2.43. The average molecular weight is 304 g/mol. The molecule has 0 aliphatic carbocycles. The number of alkyl halides is 3. The predicted octanol–water partition coefficient (Wildman–Crippen LogP) is 1.40. The van der Waals surface area contributed by atoms with Crippen LogP contribution in [0.2, 0.25) is 0 Å². The molecule has 2 rings (SSSR count). The van der Waals surface area contributed by atoms with E-state index in [-0.39, 0.29) is 24.9 Å². The normalized spacial score (nSPS) is 23.1. The zero-order chi connectivity index (χ0) is 15.6. The Morgan fingerprint density at radius 2 is 2.24 bits per heavy atom. The third-order valence-corrected chi connectivity index (χ3v) is 3.67. The topological polar surface area (TPSA) is 59.0 Å². The Morgan fingerprint density at radius 3 is 2.71 bits per heavy atom. The minimum atomic E-state index is -4.23. The van der Waals surface area contributed by atoms with Crippen molar-refractivity contribution in [3.05, 3.63) is 17.5 Å². The fraction of sp³-hybridized carbons (Fsp3) is 0.692. The minimum Gasteiger partial charge on any atom is -0.347 e. The molecule has 2 unspecified atom stereocenters. The molecule has 1 aliphatic rings. The van der Waals surface area contributed by atoms with Crippen LogP contribution in [0, 0.1) is 0 Å². The SMILES string of the molecule is CCc1cc(C(=O)NC2CCC(C(F)(F)F)NC2)n(C)n1. The molecule has 1 saturated heterocycles.